The van der Waals surface area contributed by atoms with E-state index in [1.807, 2.05) is 18.4 Å². The van der Waals surface area contributed by atoms with Gasteiger partial charge in [-0.25, -0.2) is 4.79 Å². The monoisotopic (exact) mass is 270 g/mol. The second-order valence-corrected chi connectivity index (χ2v) is 10.4. The van der Waals surface area contributed by atoms with Crippen molar-refractivity contribution in [3.8, 4) is 0 Å². The average molecular weight is 270 g/mol. The van der Waals surface area contributed by atoms with Crippen molar-refractivity contribution in [1.82, 2.24) is 9.47 Å². The Kier molecular flexibility index (Phi) is 4.25. The molecule has 4 nitrogen and oxygen atoms in total. The minimum absolute atomic E-state index is 0.0396. The molecule has 0 saturated carbocycles. The van der Waals surface area contributed by atoms with Crippen LogP contribution in [0.5, 0.6) is 0 Å². The molecule has 1 heterocycles. The zero-order valence-corrected chi connectivity index (χ0v) is 13.5. The Balaban J connectivity index is 3.35. The molecule has 1 aliphatic heterocycles. The first-order valence-corrected chi connectivity index (χ1v) is 9.53. The van der Waals surface area contributed by atoms with Crippen LogP contribution >= 0.6 is 0 Å². The van der Waals surface area contributed by atoms with Crippen molar-refractivity contribution in [2.45, 2.75) is 64.7 Å². The Bertz CT molecular complexity index is 347. The highest BCUT2D eigenvalue weighted by Gasteiger charge is 2.58. The number of likely N-dealkylation sites (N-methyl/N-ethyl adjacent to an activating group) is 1. The van der Waals surface area contributed by atoms with Gasteiger partial charge in [0.25, 0.3) is 5.91 Å². The normalized spacial score (nSPS) is 25.2. The zero-order valence-electron chi connectivity index (χ0n) is 12.5. The minimum Gasteiger partial charge on any atom is -0.338 e. The molecular formula is C13H26N2O2Si. The molecule has 1 fully saturated rings. The molecule has 1 unspecified atom stereocenters. The summed E-state index contributed by atoms with van der Waals surface area (Å²) in [5, 5.41) is 0. The maximum Gasteiger partial charge on any atom is 0.319 e. The summed E-state index contributed by atoms with van der Waals surface area (Å²) >= 11 is 0. The maximum atomic E-state index is 12.5. The number of imide groups is 1. The van der Waals surface area contributed by atoms with Gasteiger partial charge in [0.1, 0.15) is 5.54 Å². The molecule has 0 aliphatic carbocycles. The SMILES string of the molecule is CCC1(C)C(=O)N(C)C(=O)N1[Si](CC)(CC)CC. The minimum atomic E-state index is -1.87. The first-order valence-electron chi connectivity index (χ1n) is 6.97. The Labute approximate surface area is 111 Å². The van der Waals surface area contributed by atoms with Gasteiger partial charge in [-0.05, 0) is 31.5 Å². The van der Waals surface area contributed by atoms with Gasteiger partial charge >= 0.3 is 6.03 Å². The molecule has 1 aliphatic rings. The van der Waals surface area contributed by atoms with Gasteiger partial charge < -0.3 is 4.57 Å². The van der Waals surface area contributed by atoms with E-state index in [1.165, 1.54) is 4.90 Å². The number of nitrogens with zero attached hydrogens (tertiary/aromatic N) is 2. The highest BCUT2D eigenvalue weighted by atomic mass is 28.3. The van der Waals surface area contributed by atoms with E-state index in [0.29, 0.717) is 6.42 Å². The van der Waals surface area contributed by atoms with Crippen LogP contribution in [0.1, 0.15) is 41.0 Å². The van der Waals surface area contributed by atoms with E-state index in [2.05, 4.69) is 20.8 Å². The standard InChI is InChI=1S/C13H26N2O2Si/c1-7-13(5)11(16)14(6)12(17)15(13)18(8-2,9-3)10-4/h7-10H2,1-6H3. The van der Waals surface area contributed by atoms with Gasteiger partial charge in [-0.15, -0.1) is 0 Å². The van der Waals surface area contributed by atoms with Crippen LogP contribution in [-0.4, -0.2) is 42.2 Å². The van der Waals surface area contributed by atoms with E-state index in [0.717, 1.165) is 18.1 Å². The van der Waals surface area contributed by atoms with E-state index in [-0.39, 0.29) is 11.9 Å². The Morgan fingerprint density at radius 3 is 1.83 bits per heavy atom. The lowest BCUT2D eigenvalue weighted by Gasteiger charge is -2.45. The van der Waals surface area contributed by atoms with Crippen molar-refractivity contribution in [3.63, 3.8) is 0 Å². The van der Waals surface area contributed by atoms with Crippen LogP contribution in [0.15, 0.2) is 0 Å². The van der Waals surface area contributed by atoms with Gasteiger partial charge in [-0.3, -0.25) is 9.69 Å². The molecule has 18 heavy (non-hydrogen) atoms. The van der Waals surface area contributed by atoms with Gasteiger partial charge in [0.05, 0.1) is 0 Å². The average Bonchev–Trinajstić information content (AvgIpc) is 2.57. The van der Waals surface area contributed by atoms with Crippen LogP contribution in [0.25, 0.3) is 0 Å². The summed E-state index contributed by atoms with van der Waals surface area (Å²) in [5.74, 6) is -0.0396. The predicted molar refractivity (Wildman–Crippen MR) is 75.9 cm³/mol. The van der Waals surface area contributed by atoms with Crippen molar-refractivity contribution in [3.05, 3.63) is 0 Å². The fourth-order valence-electron chi connectivity index (χ4n) is 3.16. The third-order valence-electron chi connectivity index (χ3n) is 4.87. The van der Waals surface area contributed by atoms with Crippen LogP contribution in [0.3, 0.4) is 0 Å². The maximum absolute atomic E-state index is 12.5. The lowest BCUT2D eigenvalue weighted by molar-refractivity contribution is -0.131. The third-order valence-corrected chi connectivity index (χ3v) is 10.5. The first kappa shape index (κ1) is 15.2. The van der Waals surface area contributed by atoms with Crippen LogP contribution in [0, 0.1) is 0 Å². The molecule has 1 atom stereocenters. The largest absolute Gasteiger partial charge is 0.338 e. The number of rotatable bonds is 5. The molecule has 0 bridgehead atoms. The summed E-state index contributed by atoms with van der Waals surface area (Å²) in [6, 6.07) is 2.97. The summed E-state index contributed by atoms with van der Waals surface area (Å²) < 4.78 is 1.99. The summed E-state index contributed by atoms with van der Waals surface area (Å²) in [6.07, 6.45) is 0.691. The zero-order chi connectivity index (χ0) is 14.1. The predicted octanol–water partition coefficient (Wildman–Crippen LogP) is 3.05. The van der Waals surface area contributed by atoms with Gasteiger partial charge in [-0.1, -0.05) is 27.7 Å². The second kappa shape index (κ2) is 5.03. The van der Waals surface area contributed by atoms with Crippen LogP contribution in [0.2, 0.25) is 18.1 Å². The van der Waals surface area contributed by atoms with Gasteiger partial charge in [0.15, 0.2) is 8.24 Å². The first-order chi connectivity index (χ1) is 8.34. The Morgan fingerprint density at radius 2 is 1.50 bits per heavy atom. The van der Waals surface area contributed by atoms with Crippen LogP contribution < -0.4 is 0 Å². The quantitative estimate of drug-likeness (QED) is 0.569. The smallest absolute Gasteiger partial charge is 0.319 e. The summed E-state index contributed by atoms with van der Waals surface area (Å²) in [7, 11) is -0.256. The Hall–Kier alpha value is -0.843. The van der Waals surface area contributed by atoms with Crippen LogP contribution in [0.4, 0.5) is 4.79 Å². The second-order valence-electron chi connectivity index (χ2n) is 5.39. The van der Waals surface area contributed by atoms with Crippen LogP contribution in [-0.2, 0) is 4.79 Å². The molecule has 3 amide bonds. The van der Waals surface area contributed by atoms with E-state index in [4.69, 9.17) is 0 Å². The van der Waals surface area contributed by atoms with Crippen molar-refractivity contribution in [2.75, 3.05) is 7.05 Å². The van der Waals surface area contributed by atoms with Gasteiger partial charge in [-0.2, -0.15) is 0 Å². The van der Waals surface area contributed by atoms with Gasteiger partial charge in [0, 0.05) is 7.05 Å². The molecule has 0 aromatic carbocycles. The molecule has 0 aromatic rings. The number of carbonyl (C=O) groups is 2. The number of hydrogen-bond donors (Lipinski definition) is 0. The summed E-state index contributed by atoms with van der Waals surface area (Å²) in [6.45, 7) is 10.4. The number of urea groups is 1. The molecular weight excluding hydrogens is 244 g/mol. The number of amides is 3. The van der Waals surface area contributed by atoms with Crippen molar-refractivity contribution in [2.24, 2.45) is 0 Å². The number of carbonyl (C=O) groups excluding carboxylic acids is 2. The lowest BCUT2D eigenvalue weighted by atomic mass is 10.00. The molecule has 1 rings (SSSR count). The molecule has 1 saturated heterocycles. The van der Waals surface area contributed by atoms with Crippen molar-refractivity contribution < 1.29 is 9.59 Å². The topological polar surface area (TPSA) is 40.6 Å². The lowest BCUT2D eigenvalue weighted by Crippen LogP contribution is -2.62. The summed E-state index contributed by atoms with van der Waals surface area (Å²) in [4.78, 5) is 26.2. The van der Waals surface area contributed by atoms with E-state index < -0.39 is 13.8 Å². The molecule has 0 spiro atoms. The highest BCUT2D eigenvalue weighted by Crippen LogP contribution is 2.39. The van der Waals surface area contributed by atoms with Gasteiger partial charge in [0.2, 0.25) is 0 Å². The van der Waals surface area contributed by atoms with Crippen molar-refractivity contribution >= 4 is 20.2 Å². The Morgan fingerprint density at radius 1 is 1.06 bits per heavy atom. The third kappa shape index (κ3) is 1.79. The highest BCUT2D eigenvalue weighted by molar-refractivity contribution is 6.79. The molecule has 104 valence electrons. The molecule has 0 N–H and O–H groups in total. The number of hydrogen-bond acceptors (Lipinski definition) is 2. The molecule has 0 aromatic heterocycles. The van der Waals surface area contributed by atoms with E-state index in [1.54, 1.807) is 7.05 Å². The van der Waals surface area contributed by atoms with E-state index in [9.17, 15) is 9.59 Å². The molecule has 5 heteroatoms. The summed E-state index contributed by atoms with van der Waals surface area (Å²) in [5.41, 5.74) is -0.625. The fraction of sp³-hybridized carbons (Fsp3) is 0.846. The van der Waals surface area contributed by atoms with Crippen molar-refractivity contribution in [1.29, 1.82) is 0 Å². The fourth-order valence-corrected chi connectivity index (χ4v) is 7.47. The van der Waals surface area contributed by atoms with E-state index >= 15 is 0 Å². The molecule has 0 radical (unpaired) electrons.